The summed E-state index contributed by atoms with van der Waals surface area (Å²) in [5.41, 5.74) is 1.13. The summed E-state index contributed by atoms with van der Waals surface area (Å²) < 4.78 is 14.8. The number of hydrogen-bond donors (Lipinski definition) is 1. The number of esters is 1. The van der Waals surface area contributed by atoms with Crippen LogP contribution in [0.5, 0.6) is 5.88 Å². The molecule has 19 heavy (non-hydrogen) atoms. The molecule has 0 saturated carbocycles. The smallest absolute Gasteiger partial charge is 0.338 e. The molecule has 0 aliphatic carbocycles. The Balaban J connectivity index is 2.40. The van der Waals surface area contributed by atoms with Gasteiger partial charge in [0.25, 0.3) is 6.29 Å². The highest BCUT2D eigenvalue weighted by Crippen LogP contribution is 2.25. The lowest BCUT2D eigenvalue weighted by atomic mass is 10.1. The SMILES string of the molecule is COC(=O)c1cccc2[nH]c(OC(C=O)OC)cc12. The van der Waals surface area contributed by atoms with E-state index in [1.54, 1.807) is 24.3 Å². The van der Waals surface area contributed by atoms with E-state index in [0.29, 0.717) is 28.6 Å². The van der Waals surface area contributed by atoms with Crippen LogP contribution in [0, 0.1) is 0 Å². The van der Waals surface area contributed by atoms with Gasteiger partial charge < -0.3 is 19.2 Å². The lowest BCUT2D eigenvalue weighted by Gasteiger charge is -2.08. The minimum Gasteiger partial charge on any atom is -0.465 e. The Bertz CT molecular complexity index is 604. The van der Waals surface area contributed by atoms with Crippen LogP contribution in [0.15, 0.2) is 24.3 Å². The van der Waals surface area contributed by atoms with E-state index in [1.807, 2.05) is 0 Å². The largest absolute Gasteiger partial charge is 0.465 e. The van der Waals surface area contributed by atoms with Gasteiger partial charge in [0.15, 0.2) is 12.2 Å². The van der Waals surface area contributed by atoms with Gasteiger partial charge in [0.1, 0.15) is 0 Å². The standard InChI is InChI=1S/C13H13NO5/c1-17-12(7-15)19-11-6-9-8(13(16)18-2)4-3-5-10(9)14-11/h3-7,12,14H,1-2H3. The number of aldehydes is 1. The number of rotatable bonds is 5. The second-order valence-corrected chi connectivity index (χ2v) is 3.75. The van der Waals surface area contributed by atoms with Crippen LogP contribution in [0.2, 0.25) is 0 Å². The number of aromatic nitrogens is 1. The van der Waals surface area contributed by atoms with Gasteiger partial charge in [-0.2, -0.15) is 0 Å². The maximum atomic E-state index is 11.6. The molecule has 2 aromatic rings. The van der Waals surface area contributed by atoms with E-state index >= 15 is 0 Å². The van der Waals surface area contributed by atoms with Crippen molar-refractivity contribution in [2.45, 2.75) is 6.29 Å². The molecule has 0 aliphatic heterocycles. The molecule has 0 aliphatic rings. The molecule has 1 atom stereocenters. The topological polar surface area (TPSA) is 77.6 Å². The van der Waals surface area contributed by atoms with Gasteiger partial charge in [-0.3, -0.25) is 4.79 Å². The number of hydrogen-bond acceptors (Lipinski definition) is 5. The van der Waals surface area contributed by atoms with E-state index in [2.05, 4.69) is 4.98 Å². The molecule has 1 N–H and O–H groups in total. The van der Waals surface area contributed by atoms with Crippen molar-refractivity contribution in [3.63, 3.8) is 0 Å². The average Bonchev–Trinajstić information content (AvgIpc) is 2.86. The van der Waals surface area contributed by atoms with E-state index in [1.165, 1.54) is 14.2 Å². The molecule has 0 amide bonds. The molecule has 2 rings (SSSR count). The molecule has 1 unspecified atom stereocenters. The van der Waals surface area contributed by atoms with Gasteiger partial charge >= 0.3 is 5.97 Å². The van der Waals surface area contributed by atoms with Gasteiger partial charge in [-0.05, 0) is 12.1 Å². The van der Waals surface area contributed by atoms with Crippen molar-refractivity contribution in [2.24, 2.45) is 0 Å². The maximum Gasteiger partial charge on any atom is 0.338 e. The van der Waals surface area contributed by atoms with Crippen LogP contribution >= 0.6 is 0 Å². The number of nitrogens with one attached hydrogen (secondary N) is 1. The average molecular weight is 263 g/mol. The van der Waals surface area contributed by atoms with Gasteiger partial charge in [-0.1, -0.05) is 6.07 Å². The second kappa shape index (κ2) is 5.53. The van der Waals surface area contributed by atoms with Gasteiger partial charge in [-0.25, -0.2) is 4.79 Å². The number of ether oxygens (including phenoxy) is 3. The summed E-state index contributed by atoms with van der Waals surface area (Å²) in [6.45, 7) is 0. The van der Waals surface area contributed by atoms with Crippen molar-refractivity contribution in [3.8, 4) is 5.88 Å². The minimum atomic E-state index is -0.991. The normalized spacial score (nSPS) is 12.1. The molecule has 1 heterocycles. The van der Waals surface area contributed by atoms with Crippen LogP contribution < -0.4 is 4.74 Å². The highest BCUT2D eigenvalue weighted by molar-refractivity contribution is 6.04. The third-order valence-electron chi connectivity index (χ3n) is 2.63. The fraction of sp³-hybridized carbons (Fsp3) is 0.231. The van der Waals surface area contributed by atoms with Crippen LogP contribution in [-0.2, 0) is 14.3 Å². The summed E-state index contributed by atoms with van der Waals surface area (Å²) >= 11 is 0. The quantitative estimate of drug-likeness (QED) is 0.502. The Kier molecular flexibility index (Phi) is 3.82. The number of benzene rings is 1. The van der Waals surface area contributed by atoms with E-state index in [9.17, 15) is 9.59 Å². The summed E-state index contributed by atoms with van der Waals surface area (Å²) in [6.07, 6.45) is -0.457. The first-order valence-electron chi connectivity index (χ1n) is 5.54. The van der Waals surface area contributed by atoms with E-state index < -0.39 is 12.3 Å². The zero-order valence-corrected chi connectivity index (χ0v) is 10.5. The summed E-state index contributed by atoms with van der Waals surface area (Å²) in [5, 5.41) is 0.658. The molecule has 0 fully saturated rings. The first kappa shape index (κ1) is 13.1. The van der Waals surface area contributed by atoms with Gasteiger partial charge in [-0.15, -0.1) is 0 Å². The van der Waals surface area contributed by atoms with Gasteiger partial charge in [0.05, 0.1) is 12.7 Å². The number of methoxy groups -OCH3 is 2. The van der Waals surface area contributed by atoms with Gasteiger partial charge in [0, 0.05) is 24.1 Å². The number of fused-ring (bicyclic) bond motifs is 1. The molecule has 0 saturated heterocycles. The number of H-pyrrole nitrogens is 1. The third kappa shape index (κ3) is 2.58. The maximum absolute atomic E-state index is 11.6. The molecule has 0 bridgehead atoms. The van der Waals surface area contributed by atoms with Crippen LogP contribution in [0.4, 0.5) is 0 Å². The van der Waals surface area contributed by atoms with Crippen LogP contribution in [0.3, 0.4) is 0 Å². The fourth-order valence-electron chi connectivity index (χ4n) is 1.74. The van der Waals surface area contributed by atoms with Crippen molar-refractivity contribution in [1.82, 2.24) is 4.98 Å². The highest BCUT2D eigenvalue weighted by atomic mass is 16.7. The predicted molar refractivity (Wildman–Crippen MR) is 67.1 cm³/mol. The Morgan fingerprint density at radius 1 is 1.37 bits per heavy atom. The number of aromatic amines is 1. The monoisotopic (exact) mass is 263 g/mol. The number of carbonyl (C=O) groups is 2. The zero-order chi connectivity index (χ0) is 13.8. The van der Waals surface area contributed by atoms with Crippen LogP contribution in [0.1, 0.15) is 10.4 Å². The van der Waals surface area contributed by atoms with E-state index in [0.717, 1.165) is 0 Å². The molecule has 1 aromatic heterocycles. The summed E-state index contributed by atoms with van der Waals surface area (Å²) in [5.74, 6) is -0.0971. The highest BCUT2D eigenvalue weighted by Gasteiger charge is 2.14. The molecule has 100 valence electrons. The molecular formula is C13H13NO5. The molecule has 6 heteroatoms. The molecular weight excluding hydrogens is 250 g/mol. The Labute approximate surface area is 109 Å². The van der Waals surface area contributed by atoms with Crippen molar-refractivity contribution in [2.75, 3.05) is 14.2 Å². The van der Waals surface area contributed by atoms with Gasteiger partial charge in [0.2, 0.25) is 0 Å². The first-order chi connectivity index (χ1) is 9.19. The number of carbonyl (C=O) groups excluding carboxylic acids is 2. The van der Waals surface area contributed by atoms with Crippen molar-refractivity contribution >= 4 is 23.2 Å². The Morgan fingerprint density at radius 2 is 2.16 bits per heavy atom. The van der Waals surface area contributed by atoms with Crippen molar-refractivity contribution in [1.29, 1.82) is 0 Å². The molecule has 6 nitrogen and oxygen atoms in total. The Hall–Kier alpha value is -2.34. The predicted octanol–water partition coefficient (Wildman–Crippen LogP) is 1.50. The molecule has 0 radical (unpaired) electrons. The minimum absolute atomic E-state index is 0.338. The Morgan fingerprint density at radius 3 is 2.79 bits per heavy atom. The molecule has 0 spiro atoms. The first-order valence-corrected chi connectivity index (χ1v) is 5.54. The zero-order valence-electron chi connectivity index (χ0n) is 10.5. The molecule has 1 aromatic carbocycles. The summed E-state index contributed by atoms with van der Waals surface area (Å²) in [6, 6.07) is 6.79. The van der Waals surface area contributed by atoms with Crippen molar-refractivity contribution < 1.29 is 23.8 Å². The second-order valence-electron chi connectivity index (χ2n) is 3.75. The summed E-state index contributed by atoms with van der Waals surface area (Å²) in [4.78, 5) is 25.2. The third-order valence-corrected chi connectivity index (χ3v) is 2.63. The lowest BCUT2D eigenvalue weighted by molar-refractivity contribution is -0.132. The van der Waals surface area contributed by atoms with Crippen LogP contribution in [-0.4, -0.2) is 37.7 Å². The van der Waals surface area contributed by atoms with E-state index in [-0.39, 0.29) is 0 Å². The fourth-order valence-corrected chi connectivity index (χ4v) is 1.74. The van der Waals surface area contributed by atoms with E-state index in [4.69, 9.17) is 14.2 Å². The summed E-state index contributed by atoms with van der Waals surface area (Å²) in [7, 11) is 2.68. The van der Waals surface area contributed by atoms with Crippen LogP contribution in [0.25, 0.3) is 10.9 Å². The van der Waals surface area contributed by atoms with Crippen molar-refractivity contribution in [3.05, 3.63) is 29.8 Å². The lowest BCUT2D eigenvalue weighted by Crippen LogP contribution is -2.20.